The number of nitrogens with one attached hydrogen (secondary N) is 1. The number of carbonyl (C=O) groups is 2. The van der Waals surface area contributed by atoms with Crippen molar-refractivity contribution in [1.82, 2.24) is 0 Å². The number of hydrogen-bond acceptors (Lipinski definition) is 14. The average molecular weight is 892 g/mol. The zero-order chi connectivity index (χ0) is 43.0. The standard InChI is InChI=1S/C41H45Cl3N4O12/c1-40(2,3)39(50)59-33-30(53-21-24-16-10-6-11-17-24)31(32(34(49)51-4)58-37(33)60-38(45)41(42,43)44)57-36-27(47-48-46)29(52-20-23-14-8-5-9-15-23)28-26(55-36)22-54-35(56-28)25-18-12-7-13-19-25/h5-19,26-33,35-37,45H,20-22H2,1-4H3/t26-,27-,28-,29-,30+,31+,32-,33-,35-,36-,37?/m1/s1. The summed E-state index contributed by atoms with van der Waals surface area (Å²) in [5.41, 5.74) is 11.2. The monoisotopic (exact) mass is 890 g/mol. The molecule has 3 heterocycles. The van der Waals surface area contributed by atoms with E-state index in [1.165, 1.54) is 0 Å². The Morgan fingerprint density at radius 2 is 1.38 bits per heavy atom. The van der Waals surface area contributed by atoms with Crippen molar-refractivity contribution in [2.24, 2.45) is 10.5 Å². The van der Waals surface area contributed by atoms with Gasteiger partial charge in [-0.2, -0.15) is 0 Å². The van der Waals surface area contributed by atoms with Gasteiger partial charge >= 0.3 is 11.9 Å². The van der Waals surface area contributed by atoms with Crippen LogP contribution in [-0.2, 0) is 70.2 Å². The van der Waals surface area contributed by atoms with E-state index in [9.17, 15) is 15.1 Å². The first-order valence-electron chi connectivity index (χ1n) is 18.9. The van der Waals surface area contributed by atoms with Gasteiger partial charge in [0.1, 0.15) is 36.6 Å². The second-order valence-corrected chi connectivity index (χ2v) is 17.3. The van der Waals surface area contributed by atoms with Crippen LogP contribution < -0.4 is 0 Å². The maximum atomic E-state index is 13.7. The third kappa shape index (κ3) is 11.3. The van der Waals surface area contributed by atoms with Crippen LogP contribution in [-0.4, -0.2) is 96.7 Å². The van der Waals surface area contributed by atoms with Gasteiger partial charge in [-0.05, 0) is 37.4 Å². The van der Waals surface area contributed by atoms with E-state index in [-0.39, 0.29) is 19.8 Å². The summed E-state index contributed by atoms with van der Waals surface area (Å²) >= 11 is 18.0. The highest BCUT2D eigenvalue weighted by Gasteiger charge is 2.58. The first-order chi connectivity index (χ1) is 28.7. The summed E-state index contributed by atoms with van der Waals surface area (Å²) in [6.07, 6.45) is -13.2. The second-order valence-electron chi connectivity index (χ2n) is 15.1. The lowest BCUT2D eigenvalue weighted by molar-refractivity contribution is -0.370. The Bertz CT molecular complexity index is 1950. The van der Waals surface area contributed by atoms with Crippen LogP contribution in [0.4, 0.5) is 0 Å². The summed E-state index contributed by atoms with van der Waals surface area (Å²) in [5.74, 6) is -2.63. The molecular formula is C41H45Cl3N4O12. The number of hydrogen-bond donors (Lipinski definition) is 1. The number of esters is 2. The molecule has 1 N–H and O–H groups in total. The summed E-state index contributed by atoms with van der Waals surface area (Å²) in [6, 6.07) is 26.3. The van der Waals surface area contributed by atoms with Crippen LogP contribution in [0.15, 0.2) is 96.1 Å². The van der Waals surface area contributed by atoms with Crippen LogP contribution in [0.5, 0.6) is 0 Å². The normalized spacial score (nSPS) is 29.3. The first-order valence-corrected chi connectivity index (χ1v) is 20.1. The molecule has 60 heavy (non-hydrogen) atoms. The predicted molar refractivity (Wildman–Crippen MR) is 216 cm³/mol. The smallest absolute Gasteiger partial charge is 0.338 e. The lowest BCUT2D eigenvalue weighted by atomic mass is 9.94. The molecule has 16 nitrogen and oxygen atoms in total. The fraction of sp³-hybridized carbons (Fsp3) is 0.488. The molecule has 3 aliphatic rings. The van der Waals surface area contributed by atoms with E-state index in [2.05, 4.69) is 10.0 Å². The molecule has 0 radical (unpaired) electrons. The van der Waals surface area contributed by atoms with Gasteiger partial charge in [0.2, 0.25) is 12.2 Å². The van der Waals surface area contributed by atoms with Crippen molar-refractivity contribution in [3.63, 3.8) is 0 Å². The number of ether oxygens (including phenoxy) is 10. The van der Waals surface area contributed by atoms with Crippen LogP contribution in [0, 0.1) is 10.8 Å². The van der Waals surface area contributed by atoms with Gasteiger partial charge in [-0.15, -0.1) is 0 Å². The van der Waals surface area contributed by atoms with E-state index in [4.69, 9.17) is 87.6 Å². The highest BCUT2D eigenvalue weighted by atomic mass is 35.6. The van der Waals surface area contributed by atoms with Crippen LogP contribution in [0.1, 0.15) is 43.8 Å². The summed E-state index contributed by atoms with van der Waals surface area (Å²) < 4.78 is 59.4. The van der Waals surface area contributed by atoms with E-state index in [1.54, 1.807) is 45.0 Å². The Kier molecular flexibility index (Phi) is 15.3. The highest BCUT2D eigenvalue weighted by Crippen LogP contribution is 2.40. The Balaban J connectivity index is 1.41. The van der Waals surface area contributed by atoms with Crippen molar-refractivity contribution in [3.05, 3.63) is 118 Å². The van der Waals surface area contributed by atoms with Gasteiger partial charge in [-0.3, -0.25) is 10.2 Å². The van der Waals surface area contributed by atoms with Crippen LogP contribution in [0.25, 0.3) is 10.4 Å². The molecular weight excluding hydrogens is 847 g/mol. The summed E-state index contributed by atoms with van der Waals surface area (Å²) in [4.78, 5) is 30.5. The van der Waals surface area contributed by atoms with E-state index < -0.39 is 94.7 Å². The lowest BCUT2D eigenvalue weighted by Gasteiger charge is -2.50. The number of nitrogens with zero attached hydrogens (tertiary/aromatic N) is 3. The Morgan fingerprint density at radius 1 is 0.800 bits per heavy atom. The number of benzene rings is 3. The van der Waals surface area contributed by atoms with Crippen molar-refractivity contribution in [2.45, 2.75) is 105 Å². The lowest BCUT2D eigenvalue weighted by Crippen LogP contribution is -2.67. The number of fused-ring (bicyclic) bond motifs is 1. The Morgan fingerprint density at radius 3 is 1.93 bits per heavy atom. The zero-order valence-electron chi connectivity index (χ0n) is 33.0. The molecule has 11 atom stereocenters. The number of alkyl halides is 3. The van der Waals surface area contributed by atoms with Gasteiger partial charge < -0.3 is 47.4 Å². The predicted octanol–water partition coefficient (Wildman–Crippen LogP) is 7.28. The van der Waals surface area contributed by atoms with Crippen LogP contribution in [0.3, 0.4) is 0 Å². The Hall–Kier alpha value is -4.03. The minimum atomic E-state index is -2.39. The number of methoxy groups -OCH3 is 1. The molecule has 0 spiro atoms. The van der Waals surface area contributed by atoms with Crippen molar-refractivity contribution in [2.75, 3.05) is 13.7 Å². The second kappa shape index (κ2) is 20.2. The number of carbonyl (C=O) groups excluding carboxylic acids is 2. The molecule has 6 rings (SSSR count). The van der Waals surface area contributed by atoms with Crippen LogP contribution in [0.2, 0.25) is 0 Å². The summed E-state index contributed by atoms with van der Waals surface area (Å²) in [6.45, 7) is 4.82. The third-order valence-corrected chi connectivity index (χ3v) is 10.2. The molecule has 0 saturated carbocycles. The van der Waals surface area contributed by atoms with E-state index in [0.717, 1.165) is 18.2 Å². The van der Waals surface area contributed by atoms with E-state index in [1.807, 2.05) is 66.7 Å². The fourth-order valence-corrected chi connectivity index (χ4v) is 6.81. The zero-order valence-corrected chi connectivity index (χ0v) is 35.3. The molecule has 0 aliphatic carbocycles. The summed E-state index contributed by atoms with van der Waals surface area (Å²) in [7, 11) is 1.12. The molecule has 19 heteroatoms. The summed E-state index contributed by atoms with van der Waals surface area (Å²) in [5, 5.41) is 12.5. The van der Waals surface area contributed by atoms with Crippen molar-refractivity contribution in [3.8, 4) is 0 Å². The maximum absolute atomic E-state index is 13.7. The SMILES string of the molecule is COC(=O)[C@@H]1OC(OC(=N)C(Cl)(Cl)Cl)[C@H](OC(=O)C(C)(C)C)[C@@H](OCc2ccccc2)[C@@H]1O[C@H]1O[C@@H]2CO[C@@H](c3ccccc3)O[C@H]2[C@H](OCc2ccccc2)[C@H]1N=[N+]=[N-]. The third-order valence-electron chi connectivity index (χ3n) is 9.70. The number of azide groups is 1. The fourth-order valence-electron chi connectivity index (χ4n) is 6.67. The van der Waals surface area contributed by atoms with Gasteiger partial charge in [-0.1, -0.05) is 131 Å². The maximum Gasteiger partial charge on any atom is 0.338 e. The molecule has 3 fully saturated rings. The van der Waals surface area contributed by atoms with Crippen molar-refractivity contribution < 1.29 is 57.0 Å². The minimum Gasteiger partial charge on any atom is -0.467 e. The topological polar surface area (TPSA) is 199 Å². The van der Waals surface area contributed by atoms with E-state index >= 15 is 0 Å². The van der Waals surface area contributed by atoms with Crippen LogP contribution >= 0.6 is 34.8 Å². The van der Waals surface area contributed by atoms with Gasteiger partial charge in [0.25, 0.3) is 3.79 Å². The van der Waals surface area contributed by atoms with Gasteiger partial charge in [0, 0.05) is 10.5 Å². The molecule has 3 saturated heterocycles. The molecule has 3 aromatic carbocycles. The minimum absolute atomic E-state index is 0.00528. The van der Waals surface area contributed by atoms with Gasteiger partial charge in [0.05, 0.1) is 32.3 Å². The number of halogens is 3. The molecule has 0 amide bonds. The van der Waals surface area contributed by atoms with Crippen molar-refractivity contribution >= 4 is 52.6 Å². The molecule has 3 aromatic rings. The number of rotatable bonds is 13. The Labute approximate surface area is 361 Å². The highest BCUT2D eigenvalue weighted by molar-refractivity contribution is 6.76. The molecule has 0 aromatic heterocycles. The first kappa shape index (κ1) is 45.5. The quantitative estimate of drug-likeness (QED) is 0.0343. The molecule has 3 aliphatic heterocycles. The molecule has 0 bridgehead atoms. The largest absolute Gasteiger partial charge is 0.467 e. The van der Waals surface area contributed by atoms with Gasteiger partial charge in [0.15, 0.2) is 24.8 Å². The van der Waals surface area contributed by atoms with Gasteiger partial charge in [-0.25, -0.2) is 4.79 Å². The van der Waals surface area contributed by atoms with E-state index in [0.29, 0.717) is 5.56 Å². The molecule has 1 unspecified atom stereocenters. The molecule has 322 valence electrons. The average Bonchev–Trinajstić information content (AvgIpc) is 3.23. The van der Waals surface area contributed by atoms with Crippen molar-refractivity contribution in [1.29, 1.82) is 5.41 Å².